The first-order valence-corrected chi connectivity index (χ1v) is 7.05. The number of amides is 1. The minimum Gasteiger partial charge on any atom is -0.444 e. The molecule has 0 heterocycles. The van der Waals surface area contributed by atoms with E-state index in [0.29, 0.717) is 11.5 Å². The molecule has 1 rings (SSSR count). The summed E-state index contributed by atoms with van der Waals surface area (Å²) in [6, 6.07) is 0.298. The second-order valence-corrected chi connectivity index (χ2v) is 7.79. The largest absolute Gasteiger partial charge is 0.444 e. The minimum absolute atomic E-state index is 0.274. The van der Waals surface area contributed by atoms with E-state index in [1.165, 1.54) is 12.8 Å². The van der Waals surface area contributed by atoms with Gasteiger partial charge in [-0.1, -0.05) is 20.8 Å². The summed E-state index contributed by atoms with van der Waals surface area (Å²) in [6.07, 6.45) is 4.36. The number of nitrogens with one attached hydrogen (secondary N) is 1. The molecule has 106 valence electrons. The lowest BCUT2D eigenvalue weighted by Crippen LogP contribution is -2.38. The summed E-state index contributed by atoms with van der Waals surface area (Å²) in [5.41, 5.74) is -0.0288. The molecule has 0 aromatic carbocycles. The maximum absolute atomic E-state index is 11.7. The normalized spacial score (nSPS) is 25.0. The van der Waals surface area contributed by atoms with Crippen LogP contribution in [0.5, 0.6) is 0 Å². The third-order valence-corrected chi connectivity index (χ3v) is 3.16. The van der Waals surface area contributed by atoms with E-state index in [9.17, 15) is 4.79 Å². The highest BCUT2D eigenvalue weighted by atomic mass is 16.6. The Kier molecular flexibility index (Phi) is 4.68. The molecular formula is C15H29NO2. The van der Waals surface area contributed by atoms with Gasteiger partial charge in [-0.3, -0.25) is 0 Å². The molecule has 0 aromatic heterocycles. The zero-order valence-corrected chi connectivity index (χ0v) is 12.8. The van der Waals surface area contributed by atoms with Crippen molar-refractivity contribution in [3.8, 4) is 0 Å². The molecule has 3 nitrogen and oxygen atoms in total. The molecule has 0 saturated heterocycles. The highest BCUT2D eigenvalue weighted by molar-refractivity contribution is 5.68. The van der Waals surface area contributed by atoms with Gasteiger partial charge in [-0.2, -0.15) is 0 Å². The summed E-state index contributed by atoms with van der Waals surface area (Å²) in [7, 11) is 0. The van der Waals surface area contributed by atoms with Gasteiger partial charge in [-0.05, 0) is 57.8 Å². The van der Waals surface area contributed by atoms with Gasteiger partial charge in [0.2, 0.25) is 0 Å². The maximum Gasteiger partial charge on any atom is 0.407 e. The second kappa shape index (κ2) is 5.50. The number of carbonyl (C=O) groups is 1. The Morgan fingerprint density at radius 3 is 2.28 bits per heavy atom. The Hall–Kier alpha value is -0.730. The van der Waals surface area contributed by atoms with Crippen LogP contribution >= 0.6 is 0 Å². The minimum atomic E-state index is -0.409. The molecule has 2 unspecified atom stereocenters. The maximum atomic E-state index is 11.7. The van der Waals surface area contributed by atoms with E-state index in [1.54, 1.807) is 0 Å². The fourth-order valence-corrected chi connectivity index (χ4v) is 2.73. The fraction of sp³-hybridized carbons (Fsp3) is 0.933. The molecule has 0 bridgehead atoms. The molecule has 0 radical (unpaired) electrons. The fourth-order valence-electron chi connectivity index (χ4n) is 2.73. The average Bonchev–Trinajstić information content (AvgIpc) is 2.44. The van der Waals surface area contributed by atoms with E-state index in [4.69, 9.17) is 4.74 Å². The standard InChI is InChI=1S/C15H29NO2/c1-14(2,3)10-11-7-8-12(9-11)16-13(17)18-15(4,5)6/h11-12H,7-10H2,1-6H3,(H,16,17). The van der Waals surface area contributed by atoms with Gasteiger partial charge < -0.3 is 10.1 Å². The first-order valence-electron chi connectivity index (χ1n) is 7.05. The van der Waals surface area contributed by atoms with Crippen LogP contribution < -0.4 is 5.32 Å². The van der Waals surface area contributed by atoms with Crippen LogP contribution in [0.1, 0.15) is 67.2 Å². The van der Waals surface area contributed by atoms with Gasteiger partial charge in [0.05, 0.1) is 0 Å². The Morgan fingerprint density at radius 2 is 1.78 bits per heavy atom. The molecule has 2 atom stereocenters. The summed E-state index contributed by atoms with van der Waals surface area (Å²) in [5.74, 6) is 0.741. The number of hydrogen-bond acceptors (Lipinski definition) is 2. The number of hydrogen-bond donors (Lipinski definition) is 1. The van der Waals surface area contributed by atoms with E-state index in [-0.39, 0.29) is 6.09 Å². The lowest BCUT2D eigenvalue weighted by molar-refractivity contribution is 0.0504. The van der Waals surface area contributed by atoms with E-state index in [1.807, 2.05) is 20.8 Å². The molecule has 18 heavy (non-hydrogen) atoms. The van der Waals surface area contributed by atoms with Crippen molar-refractivity contribution in [2.45, 2.75) is 78.9 Å². The average molecular weight is 255 g/mol. The van der Waals surface area contributed by atoms with Crippen molar-refractivity contribution in [3.05, 3.63) is 0 Å². The molecule has 1 N–H and O–H groups in total. The molecule has 1 saturated carbocycles. The summed E-state index contributed by atoms with van der Waals surface area (Å²) in [4.78, 5) is 11.7. The lowest BCUT2D eigenvalue weighted by atomic mass is 9.84. The van der Waals surface area contributed by atoms with Crippen LogP contribution in [-0.2, 0) is 4.74 Å². The Bertz CT molecular complexity index is 286. The number of ether oxygens (including phenoxy) is 1. The zero-order chi connectivity index (χ0) is 14.0. The third-order valence-electron chi connectivity index (χ3n) is 3.16. The van der Waals surface area contributed by atoms with Gasteiger partial charge >= 0.3 is 6.09 Å². The first kappa shape index (κ1) is 15.3. The molecular weight excluding hydrogens is 226 g/mol. The van der Waals surface area contributed by atoms with Crippen LogP contribution in [0.15, 0.2) is 0 Å². The molecule has 1 amide bonds. The van der Waals surface area contributed by atoms with Crippen LogP contribution in [-0.4, -0.2) is 17.7 Å². The predicted octanol–water partition coefficient (Wildman–Crippen LogP) is 4.12. The Morgan fingerprint density at radius 1 is 1.17 bits per heavy atom. The van der Waals surface area contributed by atoms with Crippen LogP contribution in [0, 0.1) is 11.3 Å². The molecule has 0 spiro atoms. The van der Waals surface area contributed by atoms with E-state index in [2.05, 4.69) is 26.1 Å². The van der Waals surface area contributed by atoms with Gasteiger partial charge in [-0.15, -0.1) is 0 Å². The molecule has 0 aromatic rings. The third kappa shape index (κ3) is 6.27. The van der Waals surface area contributed by atoms with Crippen molar-refractivity contribution in [2.24, 2.45) is 11.3 Å². The SMILES string of the molecule is CC(C)(C)CC1CCC(NC(=O)OC(C)(C)C)C1. The smallest absolute Gasteiger partial charge is 0.407 e. The van der Waals surface area contributed by atoms with Crippen molar-refractivity contribution in [1.82, 2.24) is 5.32 Å². The van der Waals surface area contributed by atoms with Crippen molar-refractivity contribution in [2.75, 3.05) is 0 Å². The quantitative estimate of drug-likeness (QED) is 0.806. The highest BCUT2D eigenvalue weighted by Crippen LogP contribution is 2.35. The van der Waals surface area contributed by atoms with Gasteiger partial charge in [0.15, 0.2) is 0 Å². The lowest BCUT2D eigenvalue weighted by Gasteiger charge is -2.23. The molecule has 1 aliphatic rings. The van der Waals surface area contributed by atoms with Crippen LogP contribution in [0.3, 0.4) is 0 Å². The number of alkyl carbamates (subject to hydrolysis) is 1. The van der Waals surface area contributed by atoms with Crippen molar-refractivity contribution in [3.63, 3.8) is 0 Å². The zero-order valence-electron chi connectivity index (χ0n) is 12.8. The summed E-state index contributed by atoms with van der Waals surface area (Å²) >= 11 is 0. The predicted molar refractivity (Wildman–Crippen MR) is 74.6 cm³/mol. The van der Waals surface area contributed by atoms with Gasteiger partial charge in [0, 0.05) is 6.04 Å². The van der Waals surface area contributed by atoms with E-state index >= 15 is 0 Å². The summed E-state index contributed by atoms with van der Waals surface area (Å²) in [5, 5.41) is 2.99. The second-order valence-electron chi connectivity index (χ2n) is 7.79. The first-order chi connectivity index (χ1) is 8.05. The van der Waals surface area contributed by atoms with Crippen LogP contribution in [0.4, 0.5) is 4.79 Å². The van der Waals surface area contributed by atoms with E-state index in [0.717, 1.165) is 18.8 Å². The van der Waals surface area contributed by atoms with Crippen LogP contribution in [0.25, 0.3) is 0 Å². The van der Waals surface area contributed by atoms with E-state index < -0.39 is 5.60 Å². The van der Waals surface area contributed by atoms with Crippen molar-refractivity contribution < 1.29 is 9.53 Å². The van der Waals surface area contributed by atoms with Crippen molar-refractivity contribution in [1.29, 1.82) is 0 Å². The monoisotopic (exact) mass is 255 g/mol. The van der Waals surface area contributed by atoms with Gasteiger partial charge in [0.25, 0.3) is 0 Å². The molecule has 1 fully saturated rings. The summed E-state index contributed by atoms with van der Waals surface area (Å²) in [6.45, 7) is 12.5. The molecule has 0 aliphatic heterocycles. The van der Waals surface area contributed by atoms with Crippen LogP contribution in [0.2, 0.25) is 0 Å². The topological polar surface area (TPSA) is 38.3 Å². The van der Waals surface area contributed by atoms with Gasteiger partial charge in [-0.25, -0.2) is 4.79 Å². The Labute approximate surface area is 112 Å². The number of rotatable bonds is 2. The van der Waals surface area contributed by atoms with Gasteiger partial charge in [0.1, 0.15) is 5.60 Å². The summed E-state index contributed by atoms with van der Waals surface area (Å²) < 4.78 is 5.29. The number of carbonyl (C=O) groups excluding carboxylic acids is 1. The molecule has 3 heteroatoms. The van der Waals surface area contributed by atoms with Crippen molar-refractivity contribution >= 4 is 6.09 Å². The molecule has 1 aliphatic carbocycles. The Balaban J connectivity index is 2.32. The highest BCUT2D eigenvalue weighted by Gasteiger charge is 2.29.